The molecule has 0 fully saturated rings. The van der Waals surface area contributed by atoms with Gasteiger partial charge in [-0.3, -0.25) is 9.48 Å². The van der Waals surface area contributed by atoms with Crippen molar-refractivity contribution in [3.8, 4) is 0 Å². The molecule has 0 saturated carbocycles. The summed E-state index contributed by atoms with van der Waals surface area (Å²) < 4.78 is 6.57. The van der Waals surface area contributed by atoms with Crippen LogP contribution in [0.1, 0.15) is 30.8 Å². The number of aryl methyl sites for hydroxylation is 1. The Balaban J connectivity index is 2.53. The number of rotatable bonds is 6. The zero-order chi connectivity index (χ0) is 13.8. The second-order valence-electron chi connectivity index (χ2n) is 5.20. The average molecular weight is 254 g/mol. The Morgan fingerprint density at radius 2 is 2.28 bits per heavy atom. The highest BCUT2D eigenvalue weighted by molar-refractivity contribution is 5.96. The van der Waals surface area contributed by atoms with Crippen molar-refractivity contribution in [1.82, 2.24) is 15.1 Å². The van der Waals surface area contributed by atoms with E-state index in [4.69, 9.17) is 10.5 Å². The minimum Gasteiger partial charge on any atom is -0.396 e. The number of methoxy groups -OCH3 is 1. The van der Waals surface area contributed by atoms with E-state index in [1.807, 2.05) is 0 Å². The molecule has 0 bridgehead atoms. The second-order valence-corrected chi connectivity index (χ2v) is 5.20. The number of amides is 1. The van der Waals surface area contributed by atoms with Crippen molar-refractivity contribution in [3.05, 3.63) is 11.9 Å². The first-order chi connectivity index (χ1) is 8.35. The van der Waals surface area contributed by atoms with Crippen molar-refractivity contribution in [2.45, 2.75) is 20.3 Å². The highest BCUT2D eigenvalue weighted by atomic mass is 16.5. The molecule has 1 heterocycles. The first-order valence-corrected chi connectivity index (χ1v) is 5.92. The number of nitrogens with two attached hydrogens (primary N) is 1. The van der Waals surface area contributed by atoms with E-state index in [1.54, 1.807) is 20.4 Å². The first-order valence-electron chi connectivity index (χ1n) is 5.92. The van der Waals surface area contributed by atoms with Crippen LogP contribution >= 0.6 is 0 Å². The van der Waals surface area contributed by atoms with Gasteiger partial charge in [-0.05, 0) is 11.8 Å². The van der Waals surface area contributed by atoms with Crippen LogP contribution in [-0.4, -0.2) is 35.9 Å². The van der Waals surface area contributed by atoms with Gasteiger partial charge in [0.2, 0.25) is 0 Å². The van der Waals surface area contributed by atoms with Crippen LogP contribution in [0.25, 0.3) is 0 Å². The largest absolute Gasteiger partial charge is 0.396 e. The smallest absolute Gasteiger partial charge is 0.273 e. The normalized spacial score (nSPS) is 11.6. The summed E-state index contributed by atoms with van der Waals surface area (Å²) in [5.41, 5.74) is 6.35. The van der Waals surface area contributed by atoms with Gasteiger partial charge in [0, 0.05) is 33.5 Å². The lowest BCUT2D eigenvalue weighted by Gasteiger charge is -2.24. The summed E-state index contributed by atoms with van der Waals surface area (Å²) in [5, 5.41) is 6.88. The summed E-state index contributed by atoms with van der Waals surface area (Å²) in [6, 6.07) is 0. The highest BCUT2D eigenvalue weighted by Gasteiger charge is 2.20. The Labute approximate surface area is 107 Å². The van der Waals surface area contributed by atoms with Crippen LogP contribution in [-0.2, 0) is 11.8 Å². The van der Waals surface area contributed by atoms with Gasteiger partial charge in [-0.2, -0.15) is 5.10 Å². The number of anilines is 1. The minimum atomic E-state index is -0.237. The molecular formula is C12H22N4O2. The van der Waals surface area contributed by atoms with Crippen LogP contribution in [0.4, 0.5) is 5.69 Å². The number of carbonyl (C=O) groups excluding carboxylic acids is 1. The zero-order valence-corrected chi connectivity index (χ0v) is 11.5. The fraction of sp³-hybridized carbons (Fsp3) is 0.667. The summed E-state index contributed by atoms with van der Waals surface area (Å²) >= 11 is 0. The number of carbonyl (C=O) groups is 1. The van der Waals surface area contributed by atoms with Crippen LogP contribution < -0.4 is 11.1 Å². The van der Waals surface area contributed by atoms with Crippen molar-refractivity contribution in [2.75, 3.05) is 26.0 Å². The lowest BCUT2D eigenvalue weighted by Crippen LogP contribution is -2.35. The van der Waals surface area contributed by atoms with Gasteiger partial charge in [0.1, 0.15) is 0 Å². The summed E-state index contributed by atoms with van der Waals surface area (Å²) in [6.45, 7) is 5.39. The molecule has 6 nitrogen and oxygen atoms in total. The highest BCUT2D eigenvalue weighted by Crippen LogP contribution is 2.19. The lowest BCUT2D eigenvalue weighted by atomic mass is 9.89. The quantitative estimate of drug-likeness (QED) is 0.786. The Kier molecular flexibility index (Phi) is 4.72. The molecule has 1 amide bonds. The molecule has 0 aromatic carbocycles. The molecule has 1 aromatic rings. The summed E-state index contributed by atoms with van der Waals surface area (Å²) in [4.78, 5) is 11.9. The summed E-state index contributed by atoms with van der Waals surface area (Å²) in [6.07, 6.45) is 2.49. The average Bonchev–Trinajstić information content (AvgIpc) is 2.63. The standard InChI is InChI=1S/C12H22N4O2/c1-12(2,5-6-18-4)8-14-11(17)10-9(13)7-16(3)15-10/h7H,5-6,8,13H2,1-4H3,(H,14,17). The van der Waals surface area contributed by atoms with Gasteiger partial charge in [-0.1, -0.05) is 13.8 Å². The SMILES string of the molecule is COCCC(C)(C)CNC(=O)c1nn(C)cc1N. The van der Waals surface area contributed by atoms with E-state index in [-0.39, 0.29) is 17.0 Å². The molecule has 0 atom stereocenters. The second kappa shape index (κ2) is 5.86. The Morgan fingerprint density at radius 3 is 2.78 bits per heavy atom. The third-order valence-electron chi connectivity index (χ3n) is 2.78. The van der Waals surface area contributed by atoms with E-state index in [9.17, 15) is 4.79 Å². The number of nitrogen functional groups attached to an aromatic ring is 1. The van der Waals surface area contributed by atoms with E-state index in [0.717, 1.165) is 6.42 Å². The van der Waals surface area contributed by atoms with Crippen molar-refractivity contribution in [2.24, 2.45) is 12.5 Å². The molecule has 1 rings (SSSR count). The minimum absolute atomic E-state index is 0.0186. The van der Waals surface area contributed by atoms with Crippen molar-refractivity contribution >= 4 is 11.6 Å². The van der Waals surface area contributed by atoms with Crippen molar-refractivity contribution in [3.63, 3.8) is 0 Å². The lowest BCUT2D eigenvalue weighted by molar-refractivity contribution is 0.0916. The molecule has 0 aliphatic heterocycles. The molecule has 0 spiro atoms. The molecule has 0 aliphatic rings. The van der Waals surface area contributed by atoms with Gasteiger partial charge >= 0.3 is 0 Å². The Bertz CT molecular complexity index is 412. The van der Waals surface area contributed by atoms with Gasteiger partial charge in [0.25, 0.3) is 5.91 Å². The molecule has 3 N–H and O–H groups in total. The van der Waals surface area contributed by atoms with Gasteiger partial charge < -0.3 is 15.8 Å². The first kappa shape index (κ1) is 14.5. The topological polar surface area (TPSA) is 82.2 Å². The predicted molar refractivity (Wildman–Crippen MR) is 70.2 cm³/mol. The maximum absolute atomic E-state index is 11.9. The van der Waals surface area contributed by atoms with E-state index in [2.05, 4.69) is 24.3 Å². The molecular weight excluding hydrogens is 232 g/mol. The number of nitrogens with zero attached hydrogens (tertiary/aromatic N) is 2. The maximum atomic E-state index is 11.9. The number of ether oxygens (including phenoxy) is 1. The van der Waals surface area contributed by atoms with E-state index < -0.39 is 0 Å². The maximum Gasteiger partial charge on any atom is 0.273 e. The Hall–Kier alpha value is -1.56. The van der Waals surface area contributed by atoms with Crippen LogP contribution in [0, 0.1) is 5.41 Å². The number of nitrogens with one attached hydrogen (secondary N) is 1. The van der Waals surface area contributed by atoms with Gasteiger partial charge in [0.05, 0.1) is 5.69 Å². The summed E-state index contributed by atoms with van der Waals surface area (Å²) in [7, 11) is 3.40. The molecule has 0 aliphatic carbocycles. The predicted octanol–water partition coefficient (Wildman–Crippen LogP) is 0.795. The van der Waals surface area contributed by atoms with Crippen molar-refractivity contribution in [1.29, 1.82) is 0 Å². The summed E-state index contributed by atoms with van der Waals surface area (Å²) in [5.74, 6) is -0.237. The molecule has 102 valence electrons. The van der Waals surface area contributed by atoms with Gasteiger partial charge in [0.15, 0.2) is 5.69 Å². The van der Waals surface area contributed by atoms with Crippen LogP contribution in [0.3, 0.4) is 0 Å². The van der Waals surface area contributed by atoms with Crippen molar-refractivity contribution < 1.29 is 9.53 Å². The third kappa shape index (κ3) is 4.03. The van der Waals surface area contributed by atoms with E-state index in [0.29, 0.717) is 18.8 Å². The fourth-order valence-electron chi connectivity index (χ4n) is 1.55. The molecule has 18 heavy (non-hydrogen) atoms. The van der Waals surface area contributed by atoms with Gasteiger partial charge in [-0.25, -0.2) is 0 Å². The van der Waals surface area contributed by atoms with Crippen LogP contribution in [0.15, 0.2) is 6.20 Å². The van der Waals surface area contributed by atoms with Crippen LogP contribution in [0.5, 0.6) is 0 Å². The van der Waals surface area contributed by atoms with E-state index in [1.165, 1.54) is 4.68 Å². The molecule has 6 heteroatoms. The molecule has 0 unspecified atom stereocenters. The van der Waals surface area contributed by atoms with Crippen LogP contribution in [0.2, 0.25) is 0 Å². The molecule has 0 radical (unpaired) electrons. The van der Waals surface area contributed by atoms with Gasteiger partial charge in [-0.15, -0.1) is 0 Å². The monoisotopic (exact) mass is 254 g/mol. The number of aromatic nitrogens is 2. The molecule has 1 aromatic heterocycles. The number of hydrogen-bond acceptors (Lipinski definition) is 4. The zero-order valence-electron chi connectivity index (χ0n) is 11.5. The Morgan fingerprint density at radius 1 is 1.61 bits per heavy atom. The number of hydrogen-bond donors (Lipinski definition) is 2. The third-order valence-corrected chi connectivity index (χ3v) is 2.78. The fourth-order valence-corrected chi connectivity index (χ4v) is 1.55. The molecule has 0 saturated heterocycles. The van der Waals surface area contributed by atoms with E-state index >= 15 is 0 Å².